The van der Waals surface area contributed by atoms with Crippen LogP contribution in [0.3, 0.4) is 0 Å². The van der Waals surface area contributed by atoms with Crippen molar-refractivity contribution in [1.82, 2.24) is 0 Å². The van der Waals surface area contributed by atoms with Crippen LogP contribution in [0.25, 0.3) is 11.1 Å². The first-order valence-electron chi connectivity index (χ1n) is 9.80. The number of benzene rings is 2. The molecule has 1 aliphatic rings. The molecule has 0 bridgehead atoms. The molecule has 3 rings (SSSR count). The van der Waals surface area contributed by atoms with Crippen LogP contribution < -0.4 is 0 Å². The van der Waals surface area contributed by atoms with E-state index in [1.165, 1.54) is 52.6 Å². The average Bonchev–Trinajstić information content (AvgIpc) is 3.30. The Balaban J connectivity index is 2.05. The molecule has 2 aromatic carbocycles. The first kappa shape index (κ1) is 18.2. The van der Waals surface area contributed by atoms with E-state index in [1.807, 2.05) is 0 Å². The smallest absolute Gasteiger partial charge is 0.0129 e. The van der Waals surface area contributed by atoms with E-state index in [0.29, 0.717) is 0 Å². The lowest BCUT2D eigenvalue weighted by atomic mass is 9.75. The third-order valence-corrected chi connectivity index (χ3v) is 5.53. The van der Waals surface area contributed by atoms with Crippen LogP contribution in [-0.2, 0) is 17.3 Å². The van der Waals surface area contributed by atoms with Crippen molar-refractivity contribution in [2.75, 3.05) is 0 Å². The van der Waals surface area contributed by atoms with Crippen LogP contribution in [0.1, 0.15) is 76.6 Å². The minimum atomic E-state index is 0.159. The molecular weight excluding hydrogens is 300 g/mol. The molecule has 1 saturated carbocycles. The summed E-state index contributed by atoms with van der Waals surface area (Å²) in [5, 5.41) is 0. The monoisotopic (exact) mass is 334 g/mol. The SMILES string of the molecule is Cc1c(C(C)(C)C)cc(-c2ccc(CC3CC3)cc2)cc1C(C)(C)C. The van der Waals surface area contributed by atoms with Gasteiger partial charge in [0.05, 0.1) is 0 Å². The first-order valence-corrected chi connectivity index (χ1v) is 9.80. The van der Waals surface area contributed by atoms with Gasteiger partial charge in [-0.1, -0.05) is 77.9 Å². The number of hydrogen-bond acceptors (Lipinski definition) is 0. The Kier molecular flexibility index (Phi) is 4.60. The van der Waals surface area contributed by atoms with Crippen LogP contribution in [0.5, 0.6) is 0 Å². The minimum absolute atomic E-state index is 0.159. The van der Waals surface area contributed by atoms with Crippen LogP contribution in [-0.4, -0.2) is 0 Å². The zero-order valence-electron chi connectivity index (χ0n) is 17.2. The molecule has 0 aromatic heterocycles. The highest BCUT2D eigenvalue weighted by molar-refractivity contribution is 5.68. The average molecular weight is 335 g/mol. The molecule has 25 heavy (non-hydrogen) atoms. The summed E-state index contributed by atoms with van der Waals surface area (Å²) in [5.74, 6) is 0.949. The molecule has 1 aliphatic carbocycles. The summed E-state index contributed by atoms with van der Waals surface area (Å²) in [4.78, 5) is 0. The molecule has 0 unspecified atom stereocenters. The Morgan fingerprint density at radius 1 is 0.760 bits per heavy atom. The fourth-order valence-corrected chi connectivity index (χ4v) is 3.93. The fourth-order valence-electron chi connectivity index (χ4n) is 3.93. The van der Waals surface area contributed by atoms with Crippen LogP contribution >= 0.6 is 0 Å². The maximum atomic E-state index is 2.42. The highest BCUT2D eigenvalue weighted by Crippen LogP contribution is 2.38. The van der Waals surface area contributed by atoms with Gasteiger partial charge in [-0.05, 0) is 76.3 Å². The molecule has 1 fully saturated rings. The van der Waals surface area contributed by atoms with Crippen molar-refractivity contribution in [3.63, 3.8) is 0 Å². The van der Waals surface area contributed by atoms with Gasteiger partial charge in [-0.25, -0.2) is 0 Å². The third-order valence-electron chi connectivity index (χ3n) is 5.53. The van der Waals surface area contributed by atoms with Gasteiger partial charge < -0.3 is 0 Å². The number of rotatable bonds is 3. The second-order valence-electron chi connectivity index (χ2n) is 10.0. The van der Waals surface area contributed by atoms with Crippen molar-refractivity contribution in [1.29, 1.82) is 0 Å². The van der Waals surface area contributed by atoms with E-state index in [-0.39, 0.29) is 10.8 Å². The molecule has 0 atom stereocenters. The van der Waals surface area contributed by atoms with Crippen molar-refractivity contribution in [2.24, 2.45) is 5.92 Å². The van der Waals surface area contributed by atoms with E-state index in [0.717, 1.165) is 5.92 Å². The molecule has 134 valence electrons. The van der Waals surface area contributed by atoms with Gasteiger partial charge in [-0.3, -0.25) is 0 Å². The quantitative estimate of drug-likeness (QED) is 0.556. The standard InChI is InChI=1S/C25H34/c1-17-22(24(2,3)4)15-21(16-23(17)25(5,6)7)20-12-10-19(11-13-20)14-18-8-9-18/h10-13,15-16,18H,8-9,14H2,1-7H3. The maximum Gasteiger partial charge on any atom is -0.0129 e. The third kappa shape index (κ3) is 4.17. The van der Waals surface area contributed by atoms with Crippen LogP contribution in [0.2, 0.25) is 0 Å². The molecule has 0 amide bonds. The number of hydrogen-bond donors (Lipinski definition) is 0. The van der Waals surface area contributed by atoms with Gasteiger partial charge in [0.1, 0.15) is 0 Å². The van der Waals surface area contributed by atoms with Crippen LogP contribution in [0, 0.1) is 12.8 Å². The molecule has 0 aliphatic heterocycles. The van der Waals surface area contributed by atoms with Crippen molar-refractivity contribution in [2.45, 2.75) is 78.6 Å². The van der Waals surface area contributed by atoms with Crippen LogP contribution in [0.4, 0.5) is 0 Å². The van der Waals surface area contributed by atoms with E-state index in [1.54, 1.807) is 0 Å². The summed E-state index contributed by atoms with van der Waals surface area (Å²) in [7, 11) is 0. The van der Waals surface area contributed by atoms with Gasteiger partial charge in [0.15, 0.2) is 0 Å². The Bertz CT molecular complexity index is 709. The molecule has 0 heterocycles. The second-order valence-corrected chi connectivity index (χ2v) is 10.0. The lowest BCUT2D eigenvalue weighted by Crippen LogP contribution is -2.19. The van der Waals surface area contributed by atoms with Crippen molar-refractivity contribution in [3.05, 3.63) is 58.7 Å². The largest absolute Gasteiger partial charge is 0.0584 e. The minimum Gasteiger partial charge on any atom is -0.0584 e. The van der Waals surface area contributed by atoms with Crippen LogP contribution in [0.15, 0.2) is 36.4 Å². The molecule has 0 heteroatoms. The van der Waals surface area contributed by atoms with Gasteiger partial charge in [0.2, 0.25) is 0 Å². The zero-order valence-corrected chi connectivity index (χ0v) is 17.2. The van der Waals surface area contributed by atoms with E-state index < -0.39 is 0 Å². The zero-order chi connectivity index (χ0) is 18.4. The summed E-state index contributed by atoms with van der Waals surface area (Å²) < 4.78 is 0. The van der Waals surface area contributed by atoms with E-state index >= 15 is 0 Å². The summed E-state index contributed by atoms with van der Waals surface area (Å²) >= 11 is 0. The summed E-state index contributed by atoms with van der Waals surface area (Å²) in [6.45, 7) is 16.2. The summed E-state index contributed by atoms with van der Waals surface area (Å²) in [5.41, 5.74) is 8.90. The maximum absolute atomic E-state index is 2.42. The topological polar surface area (TPSA) is 0 Å². The second kappa shape index (κ2) is 6.31. The highest BCUT2D eigenvalue weighted by atomic mass is 14.3. The molecule has 0 spiro atoms. The van der Waals surface area contributed by atoms with Gasteiger partial charge in [0, 0.05) is 0 Å². The Morgan fingerprint density at radius 3 is 1.64 bits per heavy atom. The van der Waals surface area contributed by atoms with Crippen molar-refractivity contribution < 1.29 is 0 Å². The molecule has 0 N–H and O–H groups in total. The van der Waals surface area contributed by atoms with E-state index in [9.17, 15) is 0 Å². The Morgan fingerprint density at radius 2 is 1.24 bits per heavy atom. The van der Waals surface area contributed by atoms with Gasteiger partial charge in [0.25, 0.3) is 0 Å². The first-order chi connectivity index (χ1) is 11.6. The lowest BCUT2D eigenvalue weighted by Gasteiger charge is -2.30. The lowest BCUT2D eigenvalue weighted by molar-refractivity contribution is 0.561. The molecule has 0 radical (unpaired) electrons. The van der Waals surface area contributed by atoms with Crippen molar-refractivity contribution >= 4 is 0 Å². The molecular formula is C25H34. The molecule has 2 aromatic rings. The Labute approximate surface area is 154 Å². The molecule has 0 nitrogen and oxygen atoms in total. The van der Waals surface area contributed by atoms with Crippen molar-refractivity contribution in [3.8, 4) is 11.1 Å². The summed E-state index contributed by atoms with van der Waals surface area (Å²) in [6, 6.07) is 14.1. The Hall–Kier alpha value is -1.56. The molecule has 0 saturated heterocycles. The van der Waals surface area contributed by atoms with Gasteiger partial charge >= 0.3 is 0 Å². The highest BCUT2D eigenvalue weighted by Gasteiger charge is 2.25. The normalized spacial score (nSPS) is 15.5. The summed E-state index contributed by atoms with van der Waals surface area (Å²) in [6.07, 6.45) is 4.10. The van der Waals surface area contributed by atoms with Gasteiger partial charge in [-0.15, -0.1) is 0 Å². The fraction of sp³-hybridized carbons (Fsp3) is 0.520. The van der Waals surface area contributed by atoms with E-state index in [2.05, 4.69) is 84.9 Å². The van der Waals surface area contributed by atoms with E-state index in [4.69, 9.17) is 0 Å². The van der Waals surface area contributed by atoms with Gasteiger partial charge in [-0.2, -0.15) is 0 Å². The predicted octanol–water partition coefficient (Wildman–Crippen LogP) is 7.21. The predicted molar refractivity (Wildman–Crippen MR) is 110 cm³/mol.